The van der Waals surface area contributed by atoms with Gasteiger partial charge in [0, 0.05) is 5.70 Å². The first-order valence-electron chi connectivity index (χ1n) is 8.41. The summed E-state index contributed by atoms with van der Waals surface area (Å²) in [6.45, 7) is 3.99. The number of urea groups is 1. The molecular formula is C20H19FN2O4. The second-order valence-electron chi connectivity index (χ2n) is 5.96. The zero-order valence-corrected chi connectivity index (χ0v) is 14.5. The molecule has 0 bridgehead atoms. The van der Waals surface area contributed by atoms with Crippen molar-refractivity contribution in [3.8, 4) is 5.75 Å². The summed E-state index contributed by atoms with van der Waals surface area (Å²) in [4.78, 5) is 24.4. The van der Waals surface area contributed by atoms with Gasteiger partial charge in [-0.3, -0.25) is 4.79 Å². The second kappa shape index (κ2) is 8.35. The molecule has 6 nitrogen and oxygen atoms in total. The number of carbonyl (C=O) groups excluding carboxylic acids is 2. The van der Waals surface area contributed by atoms with Gasteiger partial charge in [-0.25, -0.2) is 9.18 Å². The van der Waals surface area contributed by atoms with Gasteiger partial charge in [-0.1, -0.05) is 36.9 Å². The molecule has 0 spiro atoms. The van der Waals surface area contributed by atoms with E-state index in [9.17, 15) is 14.0 Å². The first-order valence-corrected chi connectivity index (χ1v) is 8.41. The number of benzene rings is 2. The van der Waals surface area contributed by atoms with Crippen molar-refractivity contribution in [2.75, 3.05) is 13.2 Å². The van der Waals surface area contributed by atoms with Crippen LogP contribution in [0.3, 0.4) is 0 Å². The van der Waals surface area contributed by atoms with E-state index in [0.717, 1.165) is 0 Å². The molecule has 2 atom stereocenters. The number of esters is 1. The molecule has 0 radical (unpaired) electrons. The normalized spacial score (nSPS) is 19.0. The standard InChI is InChI=1S/C20H19FN2O4/c1-13-17(19(24)27-12-11-26-16-5-3-2-4-6-16)18(23-20(25)22-13)14-7-9-15(21)10-8-14/h2-10,17-18H,1,11-12H2,(H2,22,23,25)/t17-,18+/m1/s1. The summed E-state index contributed by atoms with van der Waals surface area (Å²) in [6, 6.07) is 13.5. The molecule has 27 heavy (non-hydrogen) atoms. The van der Waals surface area contributed by atoms with Crippen LogP contribution >= 0.6 is 0 Å². The van der Waals surface area contributed by atoms with Gasteiger partial charge in [0.25, 0.3) is 0 Å². The first-order chi connectivity index (χ1) is 13.0. The third-order valence-electron chi connectivity index (χ3n) is 4.09. The Labute approximate surface area is 156 Å². The van der Waals surface area contributed by atoms with E-state index in [2.05, 4.69) is 17.2 Å². The monoisotopic (exact) mass is 370 g/mol. The molecule has 0 aliphatic carbocycles. The first kappa shape index (κ1) is 18.4. The van der Waals surface area contributed by atoms with Crippen LogP contribution in [0.2, 0.25) is 0 Å². The second-order valence-corrected chi connectivity index (χ2v) is 5.96. The molecule has 7 heteroatoms. The van der Waals surface area contributed by atoms with Gasteiger partial charge >= 0.3 is 12.0 Å². The van der Waals surface area contributed by atoms with E-state index < -0.39 is 29.8 Å². The lowest BCUT2D eigenvalue weighted by atomic mass is 9.89. The Morgan fingerprint density at radius 2 is 1.78 bits per heavy atom. The van der Waals surface area contributed by atoms with Gasteiger partial charge in [-0.05, 0) is 29.8 Å². The van der Waals surface area contributed by atoms with E-state index in [4.69, 9.17) is 9.47 Å². The highest BCUT2D eigenvalue weighted by molar-refractivity contribution is 5.85. The Hall–Kier alpha value is -3.35. The highest BCUT2D eigenvalue weighted by Crippen LogP contribution is 2.30. The predicted octanol–water partition coefficient (Wildman–Crippen LogP) is 2.93. The minimum Gasteiger partial charge on any atom is -0.490 e. The minimum atomic E-state index is -0.843. The minimum absolute atomic E-state index is 0.0432. The van der Waals surface area contributed by atoms with Crippen molar-refractivity contribution in [3.05, 3.63) is 78.3 Å². The molecular weight excluding hydrogens is 351 g/mol. The lowest BCUT2D eigenvalue weighted by molar-refractivity contribution is -0.149. The van der Waals surface area contributed by atoms with E-state index >= 15 is 0 Å². The molecule has 1 saturated heterocycles. The van der Waals surface area contributed by atoms with Crippen molar-refractivity contribution in [3.63, 3.8) is 0 Å². The third kappa shape index (κ3) is 4.63. The average molecular weight is 370 g/mol. The fourth-order valence-corrected chi connectivity index (χ4v) is 2.82. The number of nitrogens with one attached hydrogen (secondary N) is 2. The van der Waals surface area contributed by atoms with Crippen LogP contribution in [-0.2, 0) is 9.53 Å². The van der Waals surface area contributed by atoms with Crippen LogP contribution in [0.5, 0.6) is 5.75 Å². The molecule has 1 aliphatic rings. The van der Waals surface area contributed by atoms with Gasteiger partial charge in [0.1, 0.15) is 30.7 Å². The Bertz CT molecular complexity index is 824. The summed E-state index contributed by atoms with van der Waals surface area (Å²) < 4.78 is 24.0. The fourth-order valence-electron chi connectivity index (χ4n) is 2.82. The van der Waals surface area contributed by atoms with Gasteiger partial charge in [0.05, 0.1) is 6.04 Å². The molecule has 2 aromatic rings. The molecule has 2 aromatic carbocycles. The molecule has 1 aliphatic heterocycles. The van der Waals surface area contributed by atoms with Crippen molar-refractivity contribution >= 4 is 12.0 Å². The van der Waals surface area contributed by atoms with Crippen LogP contribution in [0, 0.1) is 11.7 Å². The SMILES string of the molecule is C=C1NC(=O)N[C@@H](c2ccc(F)cc2)[C@@H]1C(=O)OCCOc1ccccc1. The molecule has 3 rings (SSSR count). The van der Waals surface area contributed by atoms with Crippen molar-refractivity contribution in [2.45, 2.75) is 6.04 Å². The highest BCUT2D eigenvalue weighted by Gasteiger charge is 2.38. The van der Waals surface area contributed by atoms with Crippen LogP contribution in [-0.4, -0.2) is 25.2 Å². The summed E-state index contributed by atoms with van der Waals surface area (Å²) in [5.74, 6) is -1.13. The number of halogens is 1. The van der Waals surface area contributed by atoms with E-state index in [-0.39, 0.29) is 18.9 Å². The molecule has 0 saturated carbocycles. The molecule has 0 aromatic heterocycles. The van der Waals surface area contributed by atoms with E-state index in [1.807, 2.05) is 18.2 Å². The highest BCUT2D eigenvalue weighted by atomic mass is 19.1. The predicted molar refractivity (Wildman–Crippen MR) is 96.3 cm³/mol. The molecule has 0 unspecified atom stereocenters. The summed E-state index contributed by atoms with van der Waals surface area (Å²) in [7, 11) is 0. The fraction of sp³-hybridized carbons (Fsp3) is 0.200. The molecule has 140 valence electrons. The summed E-state index contributed by atoms with van der Waals surface area (Å²) in [5.41, 5.74) is 0.803. The molecule has 1 heterocycles. The number of amides is 2. The third-order valence-corrected chi connectivity index (χ3v) is 4.09. The van der Waals surface area contributed by atoms with Crippen molar-refractivity contribution in [1.29, 1.82) is 0 Å². The topological polar surface area (TPSA) is 76.7 Å². The van der Waals surface area contributed by atoms with E-state index in [0.29, 0.717) is 11.3 Å². The number of carbonyl (C=O) groups is 2. The molecule has 1 fully saturated rings. The van der Waals surface area contributed by atoms with Crippen LogP contribution in [0.25, 0.3) is 0 Å². The Morgan fingerprint density at radius 3 is 2.48 bits per heavy atom. The maximum Gasteiger partial charge on any atom is 0.319 e. The number of ether oxygens (including phenoxy) is 2. The number of hydrogen-bond acceptors (Lipinski definition) is 4. The Kier molecular flexibility index (Phi) is 5.71. The van der Waals surface area contributed by atoms with Crippen molar-refractivity contribution in [2.24, 2.45) is 5.92 Å². The van der Waals surface area contributed by atoms with Crippen LogP contribution in [0.15, 0.2) is 66.9 Å². The van der Waals surface area contributed by atoms with Crippen LogP contribution < -0.4 is 15.4 Å². The number of para-hydroxylation sites is 1. The summed E-state index contributed by atoms with van der Waals surface area (Å²) in [5, 5.41) is 5.15. The summed E-state index contributed by atoms with van der Waals surface area (Å²) >= 11 is 0. The zero-order chi connectivity index (χ0) is 19.2. The quantitative estimate of drug-likeness (QED) is 0.606. The van der Waals surface area contributed by atoms with Gasteiger partial charge in [0.2, 0.25) is 0 Å². The maximum atomic E-state index is 13.2. The average Bonchev–Trinajstić information content (AvgIpc) is 2.66. The van der Waals surface area contributed by atoms with Gasteiger partial charge < -0.3 is 20.1 Å². The van der Waals surface area contributed by atoms with Gasteiger partial charge in [0.15, 0.2) is 0 Å². The molecule has 2 amide bonds. The lowest BCUT2D eigenvalue weighted by Crippen LogP contribution is -2.51. The van der Waals surface area contributed by atoms with Gasteiger partial charge in [-0.2, -0.15) is 0 Å². The summed E-state index contributed by atoms with van der Waals surface area (Å²) in [6.07, 6.45) is 0. The number of rotatable bonds is 6. The van der Waals surface area contributed by atoms with Crippen molar-refractivity contribution in [1.82, 2.24) is 10.6 Å². The van der Waals surface area contributed by atoms with Crippen molar-refractivity contribution < 1.29 is 23.5 Å². The van der Waals surface area contributed by atoms with Gasteiger partial charge in [-0.15, -0.1) is 0 Å². The zero-order valence-electron chi connectivity index (χ0n) is 14.5. The largest absolute Gasteiger partial charge is 0.490 e. The Morgan fingerprint density at radius 1 is 1.07 bits per heavy atom. The maximum absolute atomic E-state index is 13.2. The number of hydrogen-bond donors (Lipinski definition) is 2. The lowest BCUT2D eigenvalue weighted by Gasteiger charge is -2.33. The smallest absolute Gasteiger partial charge is 0.319 e. The van der Waals surface area contributed by atoms with E-state index in [1.165, 1.54) is 24.3 Å². The van der Waals surface area contributed by atoms with Crippen LogP contribution in [0.4, 0.5) is 9.18 Å². The van der Waals surface area contributed by atoms with Crippen LogP contribution in [0.1, 0.15) is 11.6 Å². The van der Waals surface area contributed by atoms with E-state index in [1.54, 1.807) is 12.1 Å². The molecule has 2 N–H and O–H groups in total. The Balaban J connectivity index is 1.63.